The minimum atomic E-state index is 0.490. The largest absolute Gasteiger partial charge is 0.487 e. The molecule has 164 valence electrons. The lowest BCUT2D eigenvalue weighted by Crippen LogP contribution is -2.02. The molecule has 0 fully saturated rings. The van der Waals surface area contributed by atoms with Gasteiger partial charge in [-0.25, -0.2) is 0 Å². The van der Waals surface area contributed by atoms with Crippen LogP contribution in [0.5, 0.6) is 5.75 Å². The molecule has 3 aromatic rings. The second-order valence-corrected chi connectivity index (χ2v) is 7.35. The monoisotopic (exact) mass is 418 g/mol. The van der Waals surface area contributed by atoms with Crippen LogP contribution in [-0.2, 0) is 24.2 Å². The van der Waals surface area contributed by atoms with Gasteiger partial charge in [0.15, 0.2) is 0 Å². The maximum absolute atomic E-state index is 10.8. The van der Waals surface area contributed by atoms with E-state index in [0.717, 1.165) is 30.6 Å². The number of carbonyl (C=O) groups excluding carboxylic acids is 1. The Kier molecular flexibility index (Phi) is 11.5. The quantitative estimate of drug-likeness (QED) is 0.308. The lowest BCUT2D eigenvalue weighted by Gasteiger charge is -2.12. The van der Waals surface area contributed by atoms with Gasteiger partial charge in [0, 0.05) is 0 Å². The Labute approximate surface area is 186 Å². The summed E-state index contributed by atoms with van der Waals surface area (Å²) in [5.41, 5.74) is 9.75. The van der Waals surface area contributed by atoms with Crippen LogP contribution >= 0.6 is 0 Å². The molecule has 0 aliphatic heterocycles. The molecule has 0 heterocycles. The van der Waals surface area contributed by atoms with Crippen LogP contribution in [0.15, 0.2) is 78.9 Å². The van der Waals surface area contributed by atoms with E-state index in [0.29, 0.717) is 18.8 Å². The summed E-state index contributed by atoms with van der Waals surface area (Å²) in [5.74, 6) is 0.704. The molecule has 4 nitrogen and oxygen atoms in total. The molecule has 0 radical (unpaired) electrons. The summed E-state index contributed by atoms with van der Waals surface area (Å²) in [6, 6.07) is 26.3. The van der Waals surface area contributed by atoms with E-state index in [4.69, 9.17) is 10.5 Å². The molecule has 0 aromatic heterocycles. The van der Waals surface area contributed by atoms with Crippen molar-refractivity contribution in [1.82, 2.24) is 0 Å². The van der Waals surface area contributed by atoms with Crippen molar-refractivity contribution < 1.29 is 9.53 Å². The number of unbranched alkanes of at least 4 members (excludes halogenated alkanes) is 2. The molecule has 31 heavy (non-hydrogen) atoms. The minimum Gasteiger partial charge on any atom is -0.487 e. The zero-order valence-corrected chi connectivity index (χ0v) is 18.4. The number of nitrogens with one attached hydrogen (secondary N) is 1. The summed E-state index contributed by atoms with van der Waals surface area (Å²) >= 11 is 0. The molecule has 0 aliphatic rings. The van der Waals surface area contributed by atoms with Crippen LogP contribution in [0.1, 0.15) is 42.9 Å². The van der Waals surface area contributed by atoms with Gasteiger partial charge in [0.2, 0.25) is 6.41 Å². The molecule has 0 spiro atoms. The maximum Gasteiger partial charge on any atom is 0.211 e. The number of hydrogen-bond acceptors (Lipinski definition) is 3. The number of hydrogen-bond donors (Lipinski definition) is 2. The van der Waals surface area contributed by atoms with Gasteiger partial charge in [-0.1, -0.05) is 86.5 Å². The third-order valence-corrected chi connectivity index (χ3v) is 4.84. The van der Waals surface area contributed by atoms with E-state index in [9.17, 15) is 4.79 Å². The lowest BCUT2D eigenvalue weighted by molar-refractivity contribution is -0.105. The minimum absolute atomic E-state index is 0.490. The van der Waals surface area contributed by atoms with Crippen molar-refractivity contribution in [1.29, 1.82) is 0 Å². The lowest BCUT2D eigenvalue weighted by atomic mass is 10.1. The van der Waals surface area contributed by atoms with Gasteiger partial charge < -0.3 is 15.8 Å². The van der Waals surface area contributed by atoms with E-state index in [1.54, 1.807) is 0 Å². The highest BCUT2D eigenvalue weighted by Crippen LogP contribution is 2.27. The summed E-state index contributed by atoms with van der Waals surface area (Å²) < 4.78 is 5.83. The predicted octanol–water partition coefficient (Wildman–Crippen LogP) is 5.75. The smallest absolute Gasteiger partial charge is 0.211 e. The third-order valence-electron chi connectivity index (χ3n) is 4.84. The van der Waals surface area contributed by atoms with Crippen LogP contribution in [0.3, 0.4) is 0 Å². The number of amides is 1. The Balaban J connectivity index is 0.000000316. The predicted molar refractivity (Wildman–Crippen MR) is 129 cm³/mol. The van der Waals surface area contributed by atoms with Crippen molar-refractivity contribution in [3.8, 4) is 5.75 Å². The van der Waals surface area contributed by atoms with Crippen molar-refractivity contribution >= 4 is 12.1 Å². The summed E-state index contributed by atoms with van der Waals surface area (Å²) in [5, 5.41) is 2.74. The summed E-state index contributed by atoms with van der Waals surface area (Å²) in [6.45, 7) is 3.42. The molecule has 0 bridgehead atoms. The number of rotatable bonds is 11. The third kappa shape index (κ3) is 9.49. The van der Waals surface area contributed by atoms with Gasteiger partial charge in [0.25, 0.3) is 0 Å². The first-order chi connectivity index (χ1) is 15.3. The van der Waals surface area contributed by atoms with Crippen LogP contribution in [-0.4, -0.2) is 13.0 Å². The number of aryl methyl sites for hydroxylation is 1. The van der Waals surface area contributed by atoms with Crippen molar-refractivity contribution in [3.05, 3.63) is 95.6 Å². The highest BCUT2D eigenvalue weighted by Gasteiger charge is 2.05. The summed E-state index contributed by atoms with van der Waals surface area (Å²) in [7, 11) is 0. The Hall–Kier alpha value is -3.11. The standard InChI is InChI=1S/C19H23NO2.C8H11N/c1-2-3-5-8-16-11-12-19(18(13-16)20-15-21)22-14-17-9-6-4-7-10-17;9-7-6-8-4-2-1-3-5-8/h4,6-7,9-13,15H,2-3,5,8,14H2,1H3,(H,20,21);1-5H,6-7,9H2. The SMILES string of the molecule is CCCCCc1ccc(OCc2ccccc2)c(NC=O)c1.NCCc1ccccc1. The molecule has 0 saturated heterocycles. The second-order valence-electron chi connectivity index (χ2n) is 7.35. The number of anilines is 1. The van der Waals surface area contributed by atoms with E-state index in [1.807, 2.05) is 60.7 Å². The van der Waals surface area contributed by atoms with Crippen molar-refractivity contribution in [2.24, 2.45) is 5.73 Å². The molecule has 3 aromatic carbocycles. The molecule has 0 atom stereocenters. The highest BCUT2D eigenvalue weighted by atomic mass is 16.5. The molecule has 0 saturated carbocycles. The van der Waals surface area contributed by atoms with Gasteiger partial charge in [-0.15, -0.1) is 0 Å². The van der Waals surface area contributed by atoms with Gasteiger partial charge >= 0.3 is 0 Å². The van der Waals surface area contributed by atoms with Crippen molar-refractivity contribution in [2.75, 3.05) is 11.9 Å². The van der Waals surface area contributed by atoms with Crippen LogP contribution in [0.2, 0.25) is 0 Å². The van der Waals surface area contributed by atoms with E-state index in [-0.39, 0.29) is 0 Å². The topological polar surface area (TPSA) is 64.3 Å². The summed E-state index contributed by atoms with van der Waals surface area (Å²) in [6.07, 6.45) is 6.31. The molecule has 0 unspecified atom stereocenters. The fraction of sp³-hybridized carbons (Fsp3) is 0.296. The van der Waals surface area contributed by atoms with Gasteiger partial charge in [-0.05, 0) is 54.6 Å². The van der Waals surface area contributed by atoms with Gasteiger partial charge in [-0.2, -0.15) is 0 Å². The zero-order chi connectivity index (χ0) is 22.2. The Bertz CT molecular complexity index is 867. The number of ether oxygens (including phenoxy) is 1. The molecule has 3 rings (SSSR count). The fourth-order valence-corrected chi connectivity index (χ4v) is 3.16. The van der Waals surface area contributed by atoms with E-state index >= 15 is 0 Å². The molecule has 4 heteroatoms. The number of nitrogens with two attached hydrogens (primary N) is 1. The number of carbonyl (C=O) groups is 1. The molecule has 0 aliphatic carbocycles. The highest BCUT2D eigenvalue weighted by molar-refractivity contribution is 5.75. The molecule has 3 N–H and O–H groups in total. The van der Waals surface area contributed by atoms with Crippen LogP contribution in [0, 0.1) is 0 Å². The van der Waals surface area contributed by atoms with E-state index in [1.165, 1.54) is 30.4 Å². The molecule has 1 amide bonds. The van der Waals surface area contributed by atoms with Crippen LogP contribution in [0.25, 0.3) is 0 Å². The van der Waals surface area contributed by atoms with Crippen molar-refractivity contribution in [3.63, 3.8) is 0 Å². The summed E-state index contributed by atoms with van der Waals surface area (Å²) in [4.78, 5) is 10.8. The zero-order valence-electron chi connectivity index (χ0n) is 18.4. The average Bonchev–Trinajstić information content (AvgIpc) is 2.81. The van der Waals surface area contributed by atoms with Crippen LogP contribution in [0.4, 0.5) is 5.69 Å². The Morgan fingerprint density at radius 1 is 0.839 bits per heavy atom. The maximum atomic E-state index is 10.8. The molecular formula is C27H34N2O2. The first-order valence-electron chi connectivity index (χ1n) is 11.0. The van der Waals surface area contributed by atoms with Crippen LogP contribution < -0.4 is 15.8 Å². The van der Waals surface area contributed by atoms with Crippen molar-refractivity contribution in [2.45, 2.75) is 45.6 Å². The van der Waals surface area contributed by atoms with E-state index < -0.39 is 0 Å². The normalized spacial score (nSPS) is 10.0. The second kappa shape index (κ2) is 14.8. The molecular weight excluding hydrogens is 384 g/mol. The van der Waals surface area contributed by atoms with E-state index in [2.05, 4.69) is 30.4 Å². The van der Waals surface area contributed by atoms with Gasteiger partial charge in [0.05, 0.1) is 5.69 Å². The Morgan fingerprint density at radius 3 is 2.13 bits per heavy atom. The first-order valence-corrected chi connectivity index (χ1v) is 11.0. The fourth-order valence-electron chi connectivity index (χ4n) is 3.16. The van der Waals surface area contributed by atoms with Gasteiger partial charge in [-0.3, -0.25) is 4.79 Å². The first kappa shape index (κ1) is 24.2. The Morgan fingerprint density at radius 2 is 1.52 bits per heavy atom. The van der Waals surface area contributed by atoms with Gasteiger partial charge in [0.1, 0.15) is 12.4 Å². The number of benzene rings is 3. The average molecular weight is 419 g/mol.